The lowest BCUT2D eigenvalue weighted by atomic mass is 9.99. The lowest BCUT2D eigenvalue weighted by molar-refractivity contribution is -0.153. The first kappa shape index (κ1) is 42.7. The van der Waals surface area contributed by atoms with Gasteiger partial charge in [-0.25, -0.2) is 9.78 Å². The van der Waals surface area contributed by atoms with E-state index < -0.39 is 11.7 Å². The highest BCUT2D eigenvalue weighted by Crippen LogP contribution is 2.42. The number of halogens is 2. The second kappa shape index (κ2) is 18.3. The highest BCUT2D eigenvalue weighted by atomic mass is 35.5. The molecule has 0 spiro atoms. The number of likely N-dealkylation sites (tertiary alicyclic amines) is 1. The van der Waals surface area contributed by atoms with Crippen LogP contribution in [0.2, 0.25) is 10.0 Å². The van der Waals surface area contributed by atoms with Crippen molar-refractivity contribution in [3.05, 3.63) is 82.0 Å². The van der Waals surface area contributed by atoms with Crippen LogP contribution in [0.25, 0.3) is 33.6 Å². The highest BCUT2D eigenvalue weighted by molar-refractivity contribution is 6.39. The van der Waals surface area contributed by atoms with Crippen LogP contribution in [0.5, 0.6) is 11.6 Å². The zero-order valence-corrected chi connectivity index (χ0v) is 35.6. The molecule has 2 aliphatic rings. The van der Waals surface area contributed by atoms with E-state index in [9.17, 15) is 14.4 Å². The third kappa shape index (κ3) is 10.0. The van der Waals surface area contributed by atoms with E-state index >= 15 is 0 Å². The van der Waals surface area contributed by atoms with Crippen molar-refractivity contribution in [1.29, 1.82) is 0 Å². The monoisotopic (exact) mass is 831 g/mol. The number of carbonyl (C=O) groups excluding carboxylic acids is 3. The number of hydrogen-bond acceptors (Lipinski definition) is 10. The fraction of sp³-hybridized carbons (Fsp3) is 0.432. The second-order valence-corrected chi connectivity index (χ2v) is 16.6. The molecule has 12 nitrogen and oxygen atoms in total. The van der Waals surface area contributed by atoms with E-state index in [1.165, 1.54) is 7.11 Å². The maximum atomic E-state index is 13.3. The Bertz CT molecular complexity index is 2160. The molecule has 2 aromatic carbocycles. The van der Waals surface area contributed by atoms with E-state index in [1.807, 2.05) is 89.2 Å². The first-order valence-electron chi connectivity index (χ1n) is 19.5. The maximum Gasteiger partial charge on any atom is 0.410 e. The van der Waals surface area contributed by atoms with E-state index in [4.69, 9.17) is 47.1 Å². The lowest BCUT2D eigenvalue weighted by Crippen LogP contribution is -2.43. The Morgan fingerprint density at radius 2 is 1.71 bits per heavy atom. The lowest BCUT2D eigenvalue weighted by Gasteiger charge is -2.29. The molecule has 2 aromatic heterocycles. The summed E-state index contributed by atoms with van der Waals surface area (Å²) in [4.78, 5) is 51.2. The van der Waals surface area contributed by atoms with Gasteiger partial charge in [-0.1, -0.05) is 53.5 Å². The van der Waals surface area contributed by atoms with Crippen LogP contribution in [0.15, 0.2) is 60.8 Å². The number of ether oxygens (including phenoxy) is 4. The first-order chi connectivity index (χ1) is 27.6. The number of nitrogens with one attached hydrogen (secondary N) is 1. The molecule has 0 saturated carbocycles. The van der Waals surface area contributed by atoms with Gasteiger partial charge in [0.15, 0.2) is 0 Å². The number of aromatic nitrogens is 2. The third-order valence-corrected chi connectivity index (χ3v) is 10.8. The van der Waals surface area contributed by atoms with Gasteiger partial charge in [0.2, 0.25) is 11.8 Å². The summed E-state index contributed by atoms with van der Waals surface area (Å²) in [7, 11) is 3.15. The molecule has 308 valence electrons. The van der Waals surface area contributed by atoms with Crippen molar-refractivity contribution < 1.29 is 33.3 Å². The van der Waals surface area contributed by atoms with Crippen LogP contribution < -0.4 is 14.8 Å². The predicted octanol–water partition coefficient (Wildman–Crippen LogP) is 8.73. The van der Waals surface area contributed by atoms with Gasteiger partial charge in [0.1, 0.15) is 17.4 Å². The van der Waals surface area contributed by atoms with E-state index in [0.29, 0.717) is 74.7 Å². The van der Waals surface area contributed by atoms with Gasteiger partial charge in [-0.3, -0.25) is 19.5 Å². The van der Waals surface area contributed by atoms with Gasteiger partial charge in [-0.2, -0.15) is 0 Å². The van der Waals surface area contributed by atoms with Gasteiger partial charge >= 0.3 is 12.1 Å². The average Bonchev–Trinajstić information content (AvgIpc) is 3.82. The molecule has 2 saturated heterocycles. The molecule has 0 aliphatic carbocycles. The van der Waals surface area contributed by atoms with Gasteiger partial charge < -0.3 is 29.2 Å². The SMILES string of the molecule is COc1cc(-c2nccc(-c3cccc(-c4ccc(CN(C[C@@H]5CCC(=O)N5)C(=O)OC(C)(C)C)c(OC)n4)c3Cl)c2Cl)ccc1CN1CCC[C@H]1C(=O)OC(C)C. The maximum absolute atomic E-state index is 13.3. The van der Waals surface area contributed by atoms with Crippen molar-refractivity contribution in [3.8, 4) is 45.3 Å². The van der Waals surface area contributed by atoms with Crippen molar-refractivity contribution in [2.24, 2.45) is 0 Å². The molecule has 0 bridgehead atoms. The van der Waals surface area contributed by atoms with Gasteiger partial charge in [-0.05, 0) is 84.7 Å². The first-order valence-corrected chi connectivity index (χ1v) is 20.3. The molecule has 2 fully saturated rings. The smallest absolute Gasteiger partial charge is 0.410 e. The minimum atomic E-state index is -0.706. The predicted molar refractivity (Wildman–Crippen MR) is 224 cm³/mol. The molecule has 4 aromatic rings. The van der Waals surface area contributed by atoms with Crippen LogP contribution in [0.3, 0.4) is 0 Å². The summed E-state index contributed by atoms with van der Waals surface area (Å²) < 4.78 is 22.8. The fourth-order valence-electron chi connectivity index (χ4n) is 7.36. The quantitative estimate of drug-likeness (QED) is 0.131. The number of methoxy groups -OCH3 is 2. The summed E-state index contributed by atoms with van der Waals surface area (Å²) in [5.41, 5.74) is 4.78. The Balaban J connectivity index is 1.25. The van der Waals surface area contributed by atoms with E-state index in [1.54, 1.807) is 18.2 Å². The number of carbonyl (C=O) groups is 3. The number of hydrogen-bond donors (Lipinski definition) is 1. The Hall–Kier alpha value is -4.91. The zero-order chi connectivity index (χ0) is 41.7. The highest BCUT2D eigenvalue weighted by Gasteiger charge is 2.33. The fourth-order valence-corrected chi connectivity index (χ4v) is 8.00. The molecule has 6 rings (SSSR count). The van der Waals surface area contributed by atoms with Crippen LogP contribution in [-0.2, 0) is 32.2 Å². The number of nitrogens with zero attached hydrogens (tertiary/aromatic N) is 4. The Kier molecular flexibility index (Phi) is 13.5. The van der Waals surface area contributed by atoms with Gasteiger partial charge in [0.25, 0.3) is 0 Å². The van der Waals surface area contributed by atoms with Crippen molar-refractivity contribution in [2.45, 2.75) is 97.2 Å². The standard InChI is InChI=1S/C44H51Cl2N5O7/c1-26(2)57-42(53)35-12-9-21-50(35)23-28-14-13-27(22-36(28)55-6)40-39(46)32(19-20-47-40)31-10-8-11-33(38(31)45)34-17-15-29(41(49-34)56-7)24-51(43(54)58-44(3,4)5)25-30-16-18-37(52)48-30/h8,10-11,13-15,17,19-20,22,26,30,35H,9,12,16,18,21,23-25H2,1-7H3,(H,48,52)/t30-,35-/m0/s1. The largest absolute Gasteiger partial charge is 0.496 e. The van der Waals surface area contributed by atoms with Crippen molar-refractivity contribution in [2.75, 3.05) is 27.3 Å². The van der Waals surface area contributed by atoms with E-state index in [-0.39, 0.29) is 43.2 Å². The summed E-state index contributed by atoms with van der Waals surface area (Å²) in [5.74, 6) is 0.748. The zero-order valence-electron chi connectivity index (χ0n) is 34.1. The summed E-state index contributed by atoms with van der Waals surface area (Å²) in [6, 6.07) is 16.5. The molecule has 0 radical (unpaired) electrons. The van der Waals surface area contributed by atoms with E-state index in [2.05, 4.69) is 15.2 Å². The van der Waals surface area contributed by atoms with Crippen LogP contribution in [0.4, 0.5) is 4.79 Å². The minimum Gasteiger partial charge on any atom is -0.496 e. The summed E-state index contributed by atoms with van der Waals surface area (Å²) in [6.45, 7) is 10.9. The average molecular weight is 833 g/mol. The number of pyridine rings is 2. The molecule has 2 aliphatic heterocycles. The molecule has 58 heavy (non-hydrogen) atoms. The number of rotatable bonds is 13. The van der Waals surface area contributed by atoms with Crippen LogP contribution in [0.1, 0.15) is 71.4 Å². The second-order valence-electron chi connectivity index (χ2n) is 15.9. The minimum absolute atomic E-state index is 0.0363. The molecule has 14 heteroatoms. The summed E-state index contributed by atoms with van der Waals surface area (Å²) >= 11 is 14.3. The van der Waals surface area contributed by atoms with Gasteiger partial charge in [-0.15, -0.1) is 0 Å². The van der Waals surface area contributed by atoms with Crippen molar-refractivity contribution in [3.63, 3.8) is 0 Å². The Labute approximate surface area is 350 Å². The van der Waals surface area contributed by atoms with Crippen molar-refractivity contribution in [1.82, 2.24) is 25.1 Å². The molecule has 2 amide bonds. The molecule has 1 N–H and O–H groups in total. The molecular formula is C44H51Cl2N5O7. The number of amides is 2. The van der Waals surface area contributed by atoms with Crippen LogP contribution in [0, 0.1) is 0 Å². The Morgan fingerprint density at radius 1 is 0.966 bits per heavy atom. The van der Waals surface area contributed by atoms with Crippen LogP contribution >= 0.6 is 23.2 Å². The normalized spacial score (nSPS) is 17.0. The van der Waals surface area contributed by atoms with E-state index in [0.717, 1.165) is 30.5 Å². The number of benzene rings is 2. The van der Waals surface area contributed by atoms with Gasteiger partial charge in [0, 0.05) is 65.1 Å². The summed E-state index contributed by atoms with van der Waals surface area (Å²) in [5, 5.41) is 3.78. The number of esters is 1. The molecular weight excluding hydrogens is 781 g/mol. The molecule has 2 atom stereocenters. The third-order valence-electron chi connectivity index (χ3n) is 10.0. The summed E-state index contributed by atoms with van der Waals surface area (Å²) in [6.07, 6.45) is 3.74. The van der Waals surface area contributed by atoms with Gasteiger partial charge in [0.05, 0.1) is 48.3 Å². The van der Waals surface area contributed by atoms with Crippen molar-refractivity contribution >= 4 is 41.2 Å². The Morgan fingerprint density at radius 3 is 2.40 bits per heavy atom. The molecule has 4 heterocycles. The molecule has 0 unspecified atom stereocenters. The van der Waals surface area contributed by atoms with Crippen LogP contribution in [-0.4, -0.2) is 88.8 Å². The topological polar surface area (TPSA) is 132 Å².